The number of pyridine rings is 1. The van der Waals surface area contributed by atoms with E-state index < -0.39 is 0 Å². The fourth-order valence-corrected chi connectivity index (χ4v) is 2.76. The summed E-state index contributed by atoms with van der Waals surface area (Å²) in [5, 5.41) is 3.41. The lowest BCUT2D eigenvalue weighted by Gasteiger charge is -2.33. The van der Waals surface area contributed by atoms with Crippen molar-refractivity contribution in [1.29, 1.82) is 0 Å². The molecule has 0 bridgehead atoms. The van der Waals surface area contributed by atoms with Crippen LogP contribution >= 0.6 is 24.8 Å². The molecule has 1 aromatic heterocycles. The lowest BCUT2D eigenvalue weighted by Crippen LogP contribution is -2.54. The van der Waals surface area contributed by atoms with Crippen LogP contribution in [-0.2, 0) is 11.3 Å². The number of carbonyl (C=O) groups is 1. The number of carbonyl (C=O) groups excluding carboxylic acids is 1. The third-order valence-corrected chi connectivity index (χ3v) is 4.00. The van der Waals surface area contributed by atoms with E-state index in [4.69, 9.17) is 0 Å². The molecular weight excluding hydrogens is 309 g/mol. The number of nitrogens with one attached hydrogen (secondary N) is 1. The van der Waals surface area contributed by atoms with Crippen molar-refractivity contribution in [3.63, 3.8) is 0 Å². The van der Waals surface area contributed by atoms with Gasteiger partial charge >= 0.3 is 0 Å². The Labute approximate surface area is 139 Å². The zero-order chi connectivity index (χ0) is 13.7. The van der Waals surface area contributed by atoms with Gasteiger partial charge < -0.3 is 10.2 Å². The Morgan fingerprint density at radius 1 is 1.38 bits per heavy atom. The first-order chi connectivity index (χ1) is 9.22. The van der Waals surface area contributed by atoms with Gasteiger partial charge in [0.1, 0.15) is 0 Å². The second kappa shape index (κ2) is 9.23. The van der Waals surface area contributed by atoms with E-state index in [1.165, 1.54) is 0 Å². The van der Waals surface area contributed by atoms with Crippen LogP contribution in [0.4, 0.5) is 0 Å². The van der Waals surface area contributed by atoms with Gasteiger partial charge in [-0.25, -0.2) is 0 Å². The third kappa shape index (κ3) is 4.56. The summed E-state index contributed by atoms with van der Waals surface area (Å²) < 4.78 is 0. The number of amides is 1. The topological polar surface area (TPSA) is 45.2 Å². The maximum Gasteiger partial charge on any atom is 0.243 e. The highest BCUT2D eigenvalue weighted by atomic mass is 35.5. The number of rotatable bonds is 5. The van der Waals surface area contributed by atoms with Gasteiger partial charge in [0.15, 0.2) is 0 Å². The van der Waals surface area contributed by atoms with Crippen LogP contribution in [0.25, 0.3) is 0 Å². The van der Waals surface area contributed by atoms with Gasteiger partial charge in [-0.05, 0) is 44.9 Å². The van der Waals surface area contributed by atoms with Crippen LogP contribution in [0.5, 0.6) is 0 Å². The maximum absolute atomic E-state index is 12.8. The van der Waals surface area contributed by atoms with Gasteiger partial charge in [-0.3, -0.25) is 9.78 Å². The molecule has 4 nitrogen and oxygen atoms in total. The van der Waals surface area contributed by atoms with Crippen molar-refractivity contribution in [1.82, 2.24) is 15.2 Å². The van der Waals surface area contributed by atoms with E-state index >= 15 is 0 Å². The molecule has 120 valence electrons. The molecule has 1 atom stereocenters. The summed E-state index contributed by atoms with van der Waals surface area (Å²) in [4.78, 5) is 19.0. The predicted molar refractivity (Wildman–Crippen MR) is 90.1 cm³/mol. The summed E-state index contributed by atoms with van der Waals surface area (Å²) in [5.41, 5.74) is 0.604. The van der Waals surface area contributed by atoms with Crippen LogP contribution in [0.2, 0.25) is 0 Å². The van der Waals surface area contributed by atoms with Crippen molar-refractivity contribution in [3.8, 4) is 0 Å². The van der Waals surface area contributed by atoms with E-state index in [-0.39, 0.29) is 36.3 Å². The molecule has 1 N–H and O–H groups in total. The molecule has 21 heavy (non-hydrogen) atoms. The zero-order valence-electron chi connectivity index (χ0n) is 12.7. The lowest BCUT2D eigenvalue weighted by atomic mass is 9.92. The van der Waals surface area contributed by atoms with Gasteiger partial charge in [0.05, 0.1) is 17.8 Å². The summed E-state index contributed by atoms with van der Waals surface area (Å²) in [6.07, 6.45) is 4.66. The van der Waals surface area contributed by atoms with Gasteiger partial charge in [-0.2, -0.15) is 0 Å². The van der Waals surface area contributed by atoms with Crippen LogP contribution in [0.15, 0.2) is 24.4 Å². The molecule has 0 aromatic carbocycles. The Kier molecular flexibility index (Phi) is 8.86. The third-order valence-electron chi connectivity index (χ3n) is 4.00. The van der Waals surface area contributed by atoms with Crippen molar-refractivity contribution in [2.45, 2.75) is 45.2 Å². The summed E-state index contributed by atoms with van der Waals surface area (Å²) in [5.74, 6) is 0.223. The number of hydrogen-bond acceptors (Lipinski definition) is 3. The molecule has 1 aliphatic heterocycles. The number of aromatic nitrogens is 1. The van der Waals surface area contributed by atoms with E-state index in [9.17, 15) is 4.79 Å². The highest BCUT2D eigenvalue weighted by molar-refractivity contribution is 5.86. The van der Waals surface area contributed by atoms with E-state index in [0.717, 1.165) is 38.0 Å². The summed E-state index contributed by atoms with van der Waals surface area (Å²) in [7, 11) is 0. The zero-order valence-corrected chi connectivity index (χ0v) is 14.3. The molecule has 1 fully saturated rings. The second-order valence-electron chi connectivity index (χ2n) is 5.11. The van der Waals surface area contributed by atoms with E-state index in [1.54, 1.807) is 6.20 Å². The Hall–Kier alpha value is -0.840. The molecule has 0 radical (unpaired) electrons. The van der Waals surface area contributed by atoms with E-state index in [2.05, 4.69) is 17.2 Å². The number of nitrogens with zero attached hydrogens (tertiary/aromatic N) is 2. The first-order valence-corrected chi connectivity index (χ1v) is 7.16. The van der Waals surface area contributed by atoms with Gasteiger partial charge in [-0.1, -0.05) is 13.0 Å². The molecule has 1 saturated heterocycles. The fraction of sp³-hybridized carbons (Fsp3) is 0.600. The summed E-state index contributed by atoms with van der Waals surface area (Å²) >= 11 is 0. The lowest BCUT2D eigenvalue weighted by molar-refractivity contribution is -0.138. The Morgan fingerprint density at radius 2 is 2.14 bits per heavy atom. The largest absolute Gasteiger partial charge is 0.335 e. The molecule has 0 spiro atoms. The molecule has 1 aromatic rings. The molecule has 2 heterocycles. The summed E-state index contributed by atoms with van der Waals surface area (Å²) in [6.45, 7) is 6.38. The van der Waals surface area contributed by atoms with Crippen LogP contribution in [-0.4, -0.2) is 34.4 Å². The smallest absolute Gasteiger partial charge is 0.243 e. The molecule has 1 aliphatic rings. The highest BCUT2D eigenvalue weighted by Crippen LogP contribution is 2.26. The van der Waals surface area contributed by atoms with E-state index in [0.29, 0.717) is 6.54 Å². The van der Waals surface area contributed by atoms with Crippen LogP contribution < -0.4 is 5.32 Å². The number of hydrogen-bond donors (Lipinski definition) is 1. The Morgan fingerprint density at radius 3 is 2.62 bits per heavy atom. The highest BCUT2D eigenvalue weighted by Gasteiger charge is 2.41. The standard InChI is InChI=1S/C15H23N3O.2ClH/c1-3-15(9-7-11-17-15)14(19)18(4-2)12-13-8-5-6-10-16-13;;/h5-6,8,10,17H,3-4,7,9,11-12H2,1-2H3;2*1H. The quantitative estimate of drug-likeness (QED) is 0.901. The average molecular weight is 334 g/mol. The first kappa shape index (κ1) is 20.2. The van der Waals surface area contributed by atoms with Gasteiger partial charge in [0, 0.05) is 12.7 Å². The van der Waals surface area contributed by atoms with Crippen molar-refractivity contribution < 1.29 is 4.79 Å². The molecule has 1 unspecified atom stereocenters. The van der Waals surface area contributed by atoms with Gasteiger partial charge in [0.2, 0.25) is 5.91 Å². The van der Waals surface area contributed by atoms with Crippen LogP contribution in [0.3, 0.4) is 0 Å². The molecule has 0 aliphatic carbocycles. The first-order valence-electron chi connectivity index (χ1n) is 7.16. The Bertz CT molecular complexity index is 422. The average Bonchev–Trinajstić information content (AvgIpc) is 2.95. The van der Waals surface area contributed by atoms with Gasteiger partial charge in [0.25, 0.3) is 0 Å². The molecule has 0 saturated carbocycles. The molecule has 1 amide bonds. The minimum absolute atomic E-state index is 0. The van der Waals surface area contributed by atoms with E-state index in [1.807, 2.05) is 30.0 Å². The van der Waals surface area contributed by atoms with Crippen molar-refractivity contribution in [2.24, 2.45) is 0 Å². The van der Waals surface area contributed by atoms with Gasteiger partial charge in [-0.15, -0.1) is 24.8 Å². The predicted octanol–water partition coefficient (Wildman–Crippen LogP) is 2.81. The second-order valence-corrected chi connectivity index (χ2v) is 5.11. The van der Waals surface area contributed by atoms with Crippen molar-refractivity contribution >= 4 is 30.7 Å². The minimum atomic E-state index is -0.342. The normalized spacial score (nSPS) is 20.3. The summed E-state index contributed by atoms with van der Waals surface area (Å²) in [6, 6.07) is 5.83. The Balaban J connectivity index is 0.00000200. The number of halogens is 2. The SMILES string of the molecule is CCN(Cc1ccccn1)C(=O)C1(CC)CCCN1.Cl.Cl. The van der Waals surface area contributed by atoms with Crippen molar-refractivity contribution in [3.05, 3.63) is 30.1 Å². The molecule has 2 rings (SSSR count). The monoisotopic (exact) mass is 333 g/mol. The molecular formula is C15H25Cl2N3O. The fourth-order valence-electron chi connectivity index (χ4n) is 2.76. The van der Waals surface area contributed by atoms with Crippen LogP contribution in [0, 0.1) is 0 Å². The number of likely N-dealkylation sites (N-methyl/N-ethyl adjacent to an activating group) is 1. The minimum Gasteiger partial charge on any atom is -0.335 e. The van der Waals surface area contributed by atoms with Crippen LogP contribution in [0.1, 0.15) is 38.8 Å². The molecule has 6 heteroatoms. The van der Waals surface area contributed by atoms with Crippen molar-refractivity contribution in [2.75, 3.05) is 13.1 Å². The maximum atomic E-state index is 12.8.